The van der Waals surface area contributed by atoms with Gasteiger partial charge in [0.05, 0.1) is 19.3 Å². The van der Waals surface area contributed by atoms with E-state index < -0.39 is 12.4 Å². The van der Waals surface area contributed by atoms with Gasteiger partial charge in [-0.15, -0.1) is 0 Å². The van der Waals surface area contributed by atoms with E-state index in [0.29, 0.717) is 17.1 Å². The molecule has 4 nitrogen and oxygen atoms in total. The van der Waals surface area contributed by atoms with E-state index >= 15 is 0 Å². The van der Waals surface area contributed by atoms with Gasteiger partial charge in [0.2, 0.25) is 0 Å². The number of aliphatic hydroxyl groups excluding tert-OH is 1. The summed E-state index contributed by atoms with van der Waals surface area (Å²) < 4.78 is 16.2. The molecule has 1 rings (SSSR count). The second kappa shape index (κ2) is 6.22. The van der Waals surface area contributed by atoms with Crippen molar-refractivity contribution in [2.75, 3.05) is 20.3 Å². The average molecular weight is 316 g/mol. The van der Waals surface area contributed by atoms with Gasteiger partial charge in [0.25, 0.3) is 0 Å². The summed E-state index contributed by atoms with van der Waals surface area (Å²) in [5.74, 6) is 0. The number of alkyl halides is 1. The molecule has 1 aliphatic heterocycles. The Kier molecular flexibility index (Phi) is 5.61. The Morgan fingerprint density at radius 3 is 2.93 bits per heavy atom. The number of aliphatic hydroxyl groups is 1. The number of hydrogen-bond donors (Lipinski definition) is 1. The van der Waals surface area contributed by atoms with E-state index in [2.05, 4.69) is 29.5 Å². The Morgan fingerprint density at radius 2 is 2.36 bits per heavy atom. The fraction of sp³-hybridized carbons (Fsp3) is 1.00. The molecule has 0 aliphatic carbocycles. The minimum absolute atomic E-state index is 0.161. The van der Waals surface area contributed by atoms with Crippen LogP contribution in [0.5, 0.6) is 0 Å². The maximum atomic E-state index is 9.76. The highest BCUT2D eigenvalue weighted by atomic mass is 127. The van der Waals surface area contributed by atoms with Gasteiger partial charge in [-0.05, 0) is 6.42 Å². The van der Waals surface area contributed by atoms with Crippen molar-refractivity contribution in [2.24, 2.45) is 0 Å². The highest BCUT2D eigenvalue weighted by Gasteiger charge is 2.33. The Bertz CT molecular complexity index is 165. The van der Waals surface area contributed by atoms with Crippen LogP contribution in [0.2, 0.25) is 0 Å². The lowest BCUT2D eigenvalue weighted by Crippen LogP contribution is -2.47. The van der Waals surface area contributed by atoms with E-state index in [1.165, 1.54) is 7.11 Å². The smallest absolute Gasteiger partial charge is 0.185 e. The minimum atomic E-state index is -0.677. The van der Waals surface area contributed by atoms with Gasteiger partial charge in [-0.1, -0.05) is 29.5 Å². The second-order valence-corrected chi connectivity index (χ2v) is 5.53. The molecule has 1 saturated heterocycles. The van der Waals surface area contributed by atoms with Crippen molar-refractivity contribution in [1.82, 2.24) is 0 Å². The fourth-order valence-corrected chi connectivity index (χ4v) is 1.60. The lowest BCUT2D eigenvalue weighted by atomic mass is 10.1. The van der Waals surface area contributed by atoms with E-state index in [-0.39, 0.29) is 6.10 Å². The van der Waals surface area contributed by atoms with Crippen LogP contribution in [0.3, 0.4) is 0 Å². The first-order valence-electron chi connectivity index (χ1n) is 4.73. The standard InChI is InChI=1S/C9H17IO4/c1-6(10)5-14-7-3-4-13-9(12-2)8(7)11/h6-9,11H,3-5H2,1-2H3/t6-,7?,8?,9-/m0/s1. The van der Waals surface area contributed by atoms with Crippen LogP contribution in [-0.2, 0) is 14.2 Å². The predicted molar refractivity (Wildman–Crippen MR) is 60.6 cm³/mol. The summed E-state index contributed by atoms with van der Waals surface area (Å²) in [5.41, 5.74) is 0. The average Bonchev–Trinajstić information content (AvgIpc) is 2.16. The van der Waals surface area contributed by atoms with Crippen molar-refractivity contribution in [2.45, 2.75) is 35.8 Å². The van der Waals surface area contributed by atoms with E-state index in [1.807, 2.05) is 0 Å². The summed E-state index contributed by atoms with van der Waals surface area (Å²) in [6, 6.07) is 0. The molecule has 1 N–H and O–H groups in total. The van der Waals surface area contributed by atoms with Crippen LogP contribution < -0.4 is 0 Å². The highest BCUT2D eigenvalue weighted by molar-refractivity contribution is 14.1. The van der Waals surface area contributed by atoms with Crippen LogP contribution in [0.1, 0.15) is 13.3 Å². The summed E-state index contributed by atoms with van der Waals surface area (Å²) >= 11 is 2.29. The maximum Gasteiger partial charge on any atom is 0.185 e. The molecule has 84 valence electrons. The molecule has 0 spiro atoms. The molecule has 1 aliphatic rings. The van der Waals surface area contributed by atoms with Crippen LogP contribution in [0.4, 0.5) is 0 Å². The molecule has 0 aromatic carbocycles. The summed E-state index contributed by atoms with van der Waals surface area (Å²) in [5, 5.41) is 9.76. The molecule has 0 amide bonds. The zero-order chi connectivity index (χ0) is 10.6. The Hall–Kier alpha value is 0.570. The van der Waals surface area contributed by atoms with Gasteiger partial charge in [-0.2, -0.15) is 0 Å². The molecule has 1 heterocycles. The highest BCUT2D eigenvalue weighted by Crippen LogP contribution is 2.19. The zero-order valence-corrected chi connectivity index (χ0v) is 10.6. The molecule has 0 aromatic heterocycles. The number of hydrogen-bond acceptors (Lipinski definition) is 4. The maximum absolute atomic E-state index is 9.76. The second-order valence-electron chi connectivity index (χ2n) is 3.41. The molecule has 0 radical (unpaired) electrons. The quantitative estimate of drug-likeness (QED) is 0.620. The monoisotopic (exact) mass is 316 g/mol. The van der Waals surface area contributed by atoms with Gasteiger partial charge in [0.1, 0.15) is 6.10 Å². The number of ether oxygens (including phenoxy) is 3. The van der Waals surface area contributed by atoms with Crippen molar-refractivity contribution in [1.29, 1.82) is 0 Å². The minimum Gasteiger partial charge on any atom is -0.385 e. The first kappa shape index (κ1) is 12.6. The van der Waals surface area contributed by atoms with Crippen molar-refractivity contribution >= 4 is 22.6 Å². The van der Waals surface area contributed by atoms with E-state index in [4.69, 9.17) is 14.2 Å². The molecule has 5 heteroatoms. The zero-order valence-electron chi connectivity index (χ0n) is 8.48. The van der Waals surface area contributed by atoms with Gasteiger partial charge >= 0.3 is 0 Å². The molecule has 1 fully saturated rings. The summed E-state index contributed by atoms with van der Waals surface area (Å²) in [6.07, 6.45) is -0.655. The van der Waals surface area contributed by atoms with Gasteiger partial charge < -0.3 is 19.3 Å². The number of rotatable bonds is 4. The summed E-state index contributed by atoms with van der Waals surface area (Å²) in [6.45, 7) is 3.30. The van der Waals surface area contributed by atoms with Crippen molar-refractivity contribution in [3.8, 4) is 0 Å². The van der Waals surface area contributed by atoms with Crippen molar-refractivity contribution in [3.63, 3.8) is 0 Å². The molecule has 0 bridgehead atoms. The predicted octanol–water partition coefficient (Wildman–Crippen LogP) is 0.949. The third kappa shape index (κ3) is 3.62. The third-order valence-corrected chi connectivity index (χ3v) is 2.48. The normalized spacial score (nSPS) is 35.6. The van der Waals surface area contributed by atoms with Gasteiger partial charge in [0, 0.05) is 11.0 Å². The third-order valence-electron chi connectivity index (χ3n) is 2.12. The Balaban J connectivity index is 2.35. The number of methoxy groups -OCH3 is 1. The van der Waals surface area contributed by atoms with Crippen molar-refractivity contribution < 1.29 is 19.3 Å². The van der Waals surface area contributed by atoms with Crippen molar-refractivity contribution in [3.05, 3.63) is 0 Å². The number of halogens is 1. The Labute approximate surface area is 98.0 Å². The topological polar surface area (TPSA) is 47.9 Å². The molecule has 0 saturated carbocycles. The molecular weight excluding hydrogens is 299 g/mol. The first-order chi connectivity index (χ1) is 6.65. The van der Waals surface area contributed by atoms with E-state index in [1.54, 1.807) is 0 Å². The molecule has 2 unspecified atom stereocenters. The molecule has 4 atom stereocenters. The largest absolute Gasteiger partial charge is 0.385 e. The SMILES string of the molecule is CO[C@H]1OCCC(OC[C@H](C)I)C1O. The fourth-order valence-electron chi connectivity index (χ4n) is 1.39. The Morgan fingerprint density at radius 1 is 1.64 bits per heavy atom. The van der Waals surface area contributed by atoms with Crippen LogP contribution in [-0.4, -0.2) is 47.9 Å². The van der Waals surface area contributed by atoms with Crippen LogP contribution >= 0.6 is 22.6 Å². The van der Waals surface area contributed by atoms with Crippen LogP contribution in [0.25, 0.3) is 0 Å². The van der Waals surface area contributed by atoms with E-state index in [0.717, 1.165) is 6.42 Å². The molecular formula is C9H17IO4. The lowest BCUT2D eigenvalue weighted by molar-refractivity contribution is -0.240. The van der Waals surface area contributed by atoms with Gasteiger partial charge in [-0.3, -0.25) is 0 Å². The molecule has 14 heavy (non-hydrogen) atoms. The summed E-state index contributed by atoms with van der Waals surface area (Å²) in [4.78, 5) is 0. The lowest BCUT2D eigenvalue weighted by Gasteiger charge is -2.33. The molecule has 0 aromatic rings. The first-order valence-corrected chi connectivity index (χ1v) is 5.98. The summed E-state index contributed by atoms with van der Waals surface area (Å²) in [7, 11) is 1.53. The van der Waals surface area contributed by atoms with Gasteiger partial charge in [0.15, 0.2) is 6.29 Å². The van der Waals surface area contributed by atoms with E-state index in [9.17, 15) is 5.11 Å². The van der Waals surface area contributed by atoms with Crippen LogP contribution in [0, 0.1) is 0 Å². The van der Waals surface area contributed by atoms with Gasteiger partial charge in [-0.25, -0.2) is 0 Å². The van der Waals surface area contributed by atoms with Crippen LogP contribution in [0.15, 0.2) is 0 Å².